The van der Waals surface area contributed by atoms with Gasteiger partial charge in [-0.1, -0.05) is 91.0 Å². The minimum atomic E-state index is -0.822. The summed E-state index contributed by atoms with van der Waals surface area (Å²) in [5, 5.41) is 0. The SMILES string of the molecule is Cc1cn([C@@H]2O[C@@]3(COCc4ccccc4)CN(Cc4ccccc4)[C@@H]2[C@@H]3OCc2ccccc2)c(=O)[nH]c1=O. The van der Waals surface area contributed by atoms with Gasteiger partial charge in [-0.25, -0.2) is 4.79 Å². The van der Waals surface area contributed by atoms with E-state index in [0.29, 0.717) is 31.9 Å². The smallest absolute Gasteiger partial charge is 0.330 e. The Labute approximate surface area is 232 Å². The van der Waals surface area contributed by atoms with Gasteiger partial charge in [0.25, 0.3) is 5.56 Å². The topological polar surface area (TPSA) is 85.8 Å². The number of aromatic amines is 1. The second-order valence-electron chi connectivity index (χ2n) is 10.6. The van der Waals surface area contributed by atoms with Crippen molar-refractivity contribution in [2.45, 2.75) is 50.7 Å². The van der Waals surface area contributed by atoms with E-state index >= 15 is 0 Å². The number of aryl methyl sites for hydroxylation is 1. The van der Waals surface area contributed by atoms with Gasteiger partial charge in [-0.2, -0.15) is 0 Å². The highest BCUT2D eigenvalue weighted by atomic mass is 16.6. The zero-order valence-electron chi connectivity index (χ0n) is 22.4. The van der Waals surface area contributed by atoms with E-state index in [1.54, 1.807) is 13.1 Å². The Hall–Kier alpha value is -3.82. The van der Waals surface area contributed by atoms with Gasteiger partial charge in [-0.15, -0.1) is 0 Å². The molecule has 206 valence electrons. The molecule has 3 aromatic carbocycles. The molecule has 3 heterocycles. The van der Waals surface area contributed by atoms with E-state index in [4.69, 9.17) is 14.2 Å². The van der Waals surface area contributed by atoms with Gasteiger partial charge >= 0.3 is 5.69 Å². The van der Waals surface area contributed by atoms with Crippen molar-refractivity contribution in [1.29, 1.82) is 0 Å². The normalized spacial score (nSPS) is 24.0. The predicted octanol–water partition coefficient (Wildman–Crippen LogP) is 3.80. The van der Waals surface area contributed by atoms with Gasteiger partial charge < -0.3 is 14.2 Å². The van der Waals surface area contributed by atoms with E-state index in [1.165, 1.54) is 4.57 Å². The molecule has 0 radical (unpaired) electrons. The highest BCUT2D eigenvalue weighted by molar-refractivity contribution is 5.21. The lowest BCUT2D eigenvalue weighted by Crippen LogP contribution is -2.50. The number of morpholine rings is 1. The lowest BCUT2D eigenvalue weighted by molar-refractivity contribution is -0.172. The number of hydrogen-bond donors (Lipinski definition) is 1. The van der Waals surface area contributed by atoms with E-state index < -0.39 is 23.1 Å². The molecule has 40 heavy (non-hydrogen) atoms. The van der Waals surface area contributed by atoms with Crippen LogP contribution >= 0.6 is 0 Å². The summed E-state index contributed by atoms with van der Waals surface area (Å²) in [6.45, 7) is 4.05. The molecule has 0 unspecified atom stereocenters. The summed E-state index contributed by atoms with van der Waals surface area (Å²) in [6, 6.07) is 30.0. The Morgan fingerprint density at radius 1 is 0.875 bits per heavy atom. The first-order chi connectivity index (χ1) is 19.5. The molecule has 0 saturated carbocycles. The minimum absolute atomic E-state index is 0.285. The molecule has 0 spiro atoms. The fourth-order valence-corrected chi connectivity index (χ4v) is 5.85. The zero-order chi connectivity index (χ0) is 27.5. The first-order valence-electron chi connectivity index (χ1n) is 13.6. The molecule has 0 amide bonds. The van der Waals surface area contributed by atoms with Gasteiger partial charge in [0.2, 0.25) is 0 Å². The second-order valence-corrected chi connectivity index (χ2v) is 10.6. The number of fused-ring (bicyclic) bond motifs is 2. The van der Waals surface area contributed by atoms with E-state index in [-0.39, 0.29) is 18.8 Å². The third-order valence-electron chi connectivity index (χ3n) is 7.75. The van der Waals surface area contributed by atoms with Crippen molar-refractivity contribution in [3.05, 3.63) is 140 Å². The number of hydrogen-bond acceptors (Lipinski definition) is 6. The average Bonchev–Trinajstić information content (AvgIpc) is 3.44. The van der Waals surface area contributed by atoms with Gasteiger partial charge in [0.15, 0.2) is 6.23 Å². The van der Waals surface area contributed by atoms with Gasteiger partial charge in [0.05, 0.1) is 25.9 Å². The Kier molecular flexibility index (Phi) is 7.49. The number of aromatic nitrogens is 2. The lowest BCUT2D eigenvalue weighted by atomic mass is 10.00. The minimum Gasteiger partial charge on any atom is -0.374 e. The number of ether oxygens (including phenoxy) is 3. The molecule has 2 bridgehead atoms. The Morgan fingerprint density at radius 3 is 2.12 bits per heavy atom. The number of likely N-dealkylation sites (tertiary alicyclic amines) is 1. The van der Waals surface area contributed by atoms with Crippen molar-refractivity contribution in [3.63, 3.8) is 0 Å². The zero-order valence-corrected chi connectivity index (χ0v) is 22.4. The molecule has 8 nitrogen and oxygen atoms in total. The van der Waals surface area contributed by atoms with Crippen LogP contribution in [0.2, 0.25) is 0 Å². The van der Waals surface area contributed by atoms with E-state index in [9.17, 15) is 9.59 Å². The van der Waals surface area contributed by atoms with Crippen molar-refractivity contribution in [1.82, 2.24) is 14.5 Å². The Balaban J connectivity index is 1.36. The molecule has 4 aromatic rings. The molecular weight excluding hydrogens is 506 g/mol. The summed E-state index contributed by atoms with van der Waals surface area (Å²) in [6.07, 6.45) is 0.540. The van der Waals surface area contributed by atoms with Crippen LogP contribution in [0, 0.1) is 6.92 Å². The molecule has 2 aliphatic rings. The van der Waals surface area contributed by atoms with Crippen molar-refractivity contribution in [2.75, 3.05) is 13.2 Å². The van der Waals surface area contributed by atoms with E-state index in [1.807, 2.05) is 78.9 Å². The first-order valence-corrected chi connectivity index (χ1v) is 13.6. The van der Waals surface area contributed by atoms with E-state index in [0.717, 1.165) is 16.7 Å². The summed E-state index contributed by atoms with van der Waals surface area (Å²) in [5.74, 6) is 0. The van der Waals surface area contributed by atoms with Crippen LogP contribution in [0.4, 0.5) is 0 Å². The molecule has 8 heteroatoms. The molecule has 6 rings (SSSR count). The van der Waals surface area contributed by atoms with Crippen LogP contribution in [0.1, 0.15) is 28.5 Å². The number of rotatable bonds is 10. The number of nitrogens with zero attached hydrogens (tertiary/aromatic N) is 2. The molecular formula is C32H33N3O5. The summed E-state index contributed by atoms with van der Waals surface area (Å²) >= 11 is 0. The third kappa shape index (κ3) is 5.31. The van der Waals surface area contributed by atoms with Crippen molar-refractivity contribution in [2.24, 2.45) is 0 Å². The quantitative estimate of drug-likeness (QED) is 0.330. The maximum Gasteiger partial charge on any atom is 0.330 e. The molecule has 1 aromatic heterocycles. The lowest BCUT2D eigenvalue weighted by Gasteiger charge is -2.37. The van der Waals surface area contributed by atoms with Crippen LogP contribution in [0.15, 0.2) is 107 Å². The van der Waals surface area contributed by atoms with Crippen molar-refractivity contribution < 1.29 is 14.2 Å². The van der Waals surface area contributed by atoms with Crippen LogP contribution in [-0.2, 0) is 34.0 Å². The summed E-state index contributed by atoms with van der Waals surface area (Å²) in [4.78, 5) is 30.0. The maximum atomic E-state index is 13.0. The van der Waals surface area contributed by atoms with Crippen molar-refractivity contribution >= 4 is 0 Å². The molecule has 1 N–H and O–H groups in total. The molecule has 2 aliphatic heterocycles. The Bertz CT molecular complexity index is 1540. The number of nitrogens with one attached hydrogen (secondary N) is 1. The van der Waals surface area contributed by atoms with Gasteiger partial charge in [-0.05, 0) is 23.6 Å². The fourth-order valence-electron chi connectivity index (χ4n) is 5.85. The molecule has 0 aliphatic carbocycles. The van der Waals surface area contributed by atoms with Crippen LogP contribution in [0.3, 0.4) is 0 Å². The van der Waals surface area contributed by atoms with Gasteiger partial charge in [0.1, 0.15) is 11.7 Å². The van der Waals surface area contributed by atoms with Crippen LogP contribution < -0.4 is 11.2 Å². The molecule has 4 atom stereocenters. The standard InChI is InChI=1S/C32H33N3O5/c1-23-17-35(31(37)33-29(23)36)30-27-28(39-20-26-15-9-4-10-16-26)32(40-30,22-38-19-25-13-7-3-8-14-25)21-34(27)18-24-11-5-2-6-12-24/h2-17,27-28,30H,18-22H2,1H3,(H,33,36,37)/t27-,28+,30-,32-/m1/s1. The number of H-pyrrole nitrogens is 1. The Morgan fingerprint density at radius 2 is 1.48 bits per heavy atom. The second kappa shape index (κ2) is 11.3. The average molecular weight is 540 g/mol. The van der Waals surface area contributed by atoms with E-state index in [2.05, 4.69) is 22.0 Å². The third-order valence-corrected chi connectivity index (χ3v) is 7.75. The monoisotopic (exact) mass is 539 g/mol. The fraction of sp³-hybridized carbons (Fsp3) is 0.312. The first kappa shape index (κ1) is 26.4. The number of benzene rings is 3. The summed E-state index contributed by atoms with van der Waals surface area (Å²) < 4.78 is 21.2. The maximum absolute atomic E-state index is 13.0. The predicted molar refractivity (Wildman–Crippen MR) is 151 cm³/mol. The van der Waals surface area contributed by atoms with Crippen LogP contribution in [-0.4, -0.2) is 45.3 Å². The molecule has 2 fully saturated rings. The highest BCUT2D eigenvalue weighted by Crippen LogP contribution is 2.49. The summed E-state index contributed by atoms with van der Waals surface area (Å²) in [5.41, 5.74) is 1.99. The van der Waals surface area contributed by atoms with Crippen LogP contribution in [0.25, 0.3) is 0 Å². The summed E-state index contributed by atoms with van der Waals surface area (Å²) in [7, 11) is 0. The van der Waals surface area contributed by atoms with Gasteiger partial charge in [-0.3, -0.25) is 19.2 Å². The van der Waals surface area contributed by atoms with Gasteiger partial charge in [0, 0.05) is 24.8 Å². The highest BCUT2D eigenvalue weighted by Gasteiger charge is 2.65. The largest absolute Gasteiger partial charge is 0.374 e. The van der Waals surface area contributed by atoms with Crippen molar-refractivity contribution in [3.8, 4) is 0 Å². The molecule has 2 saturated heterocycles. The van der Waals surface area contributed by atoms with Crippen LogP contribution in [0.5, 0.6) is 0 Å².